The average Bonchev–Trinajstić information content (AvgIpc) is 2.69. The molecule has 4 nitrogen and oxygen atoms in total. The zero-order valence-corrected chi connectivity index (χ0v) is 14.1. The lowest BCUT2D eigenvalue weighted by Gasteiger charge is -2.09. The number of nitrogens with zero attached hydrogens (tertiary/aromatic N) is 2. The van der Waals surface area contributed by atoms with E-state index in [-0.39, 0.29) is 0 Å². The lowest BCUT2D eigenvalue weighted by molar-refractivity contribution is 0.683. The number of rotatable bonds is 4. The van der Waals surface area contributed by atoms with Gasteiger partial charge in [0, 0.05) is 20.9 Å². The first-order valence-electron chi connectivity index (χ1n) is 7.85. The second-order valence-corrected chi connectivity index (χ2v) is 6.95. The second-order valence-electron chi connectivity index (χ2n) is 5.47. The smallest absolute Gasteiger partial charge is 0.141 e. The van der Waals surface area contributed by atoms with Crippen LogP contribution in [-0.2, 0) is 10.8 Å². The van der Waals surface area contributed by atoms with Crippen molar-refractivity contribution in [1.29, 1.82) is 0 Å². The number of aromatic nitrogens is 2. The molecule has 1 heterocycles. The molecular weight excluding hydrogens is 330 g/mol. The first-order chi connectivity index (χ1) is 12.3. The van der Waals surface area contributed by atoms with E-state index in [0.717, 1.165) is 32.2 Å². The van der Waals surface area contributed by atoms with Crippen molar-refractivity contribution >= 4 is 33.2 Å². The van der Waals surface area contributed by atoms with Crippen molar-refractivity contribution in [3.05, 3.63) is 85.2 Å². The summed E-state index contributed by atoms with van der Waals surface area (Å²) in [7, 11) is -1.18. The van der Waals surface area contributed by atoms with E-state index in [2.05, 4.69) is 15.3 Å². The van der Waals surface area contributed by atoms with Gasteiger partial charge in [-0.1, -0.05) is 30.3 Å². The molecule has 0 bridgehead atoms. The summed E-state index contributed by atoms with van der Waals surface area (Å²) in [5.41, 5.74) is 1.78. The number of anilines is 2. The minimum absolute atomic E-state index is 0.752. The summed E-state index contributed by atoms with van der Waals surface area (Å²) in [6, 6.07) is 24.8. The average molecular weight is 345 g/mol. The van der Waals surface area contributed by atoms with Crippen molar-refractivity contribution < 1.29 is 4.21 Å². The Balaban J connectivity index is 1.59. The zero-order chi connectivity index (χ0) is 17.1. The summed E-state index contributed by atoms with van der Waals surface area (Å²) < 4.78 is 12.6. The van der Waals surface area contributed by atoms with Gasteiger partial charge >= 0.3 is 0 Å². The quantitative estimate of drug-likeness (QED) is 0.590. The highest BCUT2D eigenvalue weighted by Gasteiger charge is 2.07. The van der Waals surface area contributed by atoms with E-state index in [0.29, 0.717) is 0 Å². The summed E-state index contributed by atoms with van der Waals surface area (Å²) in [4.78, 5) is 10.2. The highest BCUT2D eigenvalue weighted by Crippen LogP contribution is 2.24. The number of benzene rings is 3. The number of hydrogen-bond acceptors (Lipinski definition) is 4. The standard InChI is InChI=1S/C20H15N3OS/c24-25(16-6-2-1-3-7-16)17-12-10-15(11-13-17)23-20-18-8-4-5-9-19(18)21-14-22-20/h1-14H,(H,21,22,23). The molecule has 1 atom stereocenters. The molecule has 4 aromatic rings. The van der Waals surface area contributed by atoms with Gasteiger partial charge in [-0.2, -0.15) is 0 Å². The van der Waals surface area contributed by atoms with E-state index in [1.165, 1.54) is 0 Å². The molecule has 1 unspecified atom stereocenters. The van der Waals surface area contributed by atoms with Gasteiger partial charge in [0.15, 0.2) is 0 Å². The van der Waals surface area contributed by atoms with Gasteiger partial charge in [-0.25, -0.2) is 14.2 Å². The maximum absolute atomic E-state index is 12.6. The van der Waals surface area contributed by atoms with Crippen molar-refractivity contribution in [2.45, 2.75) is 9.79 Å². The molecule has 0 saturated heterocycles. The largest absolute Gasteiger partial charge is 0.340 e. The van der Waals surface area contributed by atoms with Crippen LogP contribution >= 0.6 is 0 Å². The molecule has 0 saturated carbocycles. The fourth-order valence-electron chi connectivity index (χ4n) is 2.58. The normalized spacial score (nSPS) is 12.0. The lowest BCUT2D eigenvalue weighted by Crippen LogP contribution is -1.97. The molecule has 1 aromatic heterocycles. The van der Waals surface area contributed by atoms with Gasteiger partial charge in [0.1, 0.15) is 12.1 Å². The maximum Gasteiger partial charge on any atom is 0.141 e. The Morgan fingerprint density at radius 2 is 1.40 bits per heavy atom. The van der Waals surface area contributed by atoms with Gasteiger partial charge in [-0.05, 0) is 48.5 Å². The van der Waals surface area contributed by atoms with Crippen LogP contribution in [0.25, 0.3) is 10.9 Å². The molecule has 0 aliphatic rings. The van der Waals surface area contributed by atoms with Crippen LogP contribution in [0.15, 0.2) is 95.0 Å². The Bertz CT molecular complexity index is 1030. The van der Waals surface area contributed by atoms with Crippen molar-refractivity contribution in [1.82, 2.24) is 9.97 Å². The van der Waals surface area contributed by atoms with E-state index in [1.807, 2.05) is 78.9 Å². The van der Waals surface area contributed by atoms with E-state index < -0.39 is 10.8 Å². The van der Waals surface area contributed by atoms with Crippen LogP contribution in [0.1, 0.15) is 0 Å². The van der Waals surface area contributed by atoms with Crippen LogP contribution < -0.4 is 5.32 Å². The molecule has 0 aliphatic carbocycles. The fraction of sp³-hybridized carbons (Fsp3) is 0. The van der Waals surface area contributed by atoms with Gasteiger partial charge in [-0.3, -0.25) is 0 Å². The highest BCUT2D eigenvalue weighted by molar-refractivity contribution is 7.85. The Morgan fingerprint density at radius 3 is 2.20 bits per heavy atom. The van der Waals surface area contributed by atoms with Gasteiger partial charge < -0.3 is 5.32 Å². The molecule has 4 rings (SSSR count). The third-order valence-electron chi connectivity index (χ3n) is 3.83. The monoisotopic (exact) mass is 345 g/mol. The van der Waals surface area contributed by atoms with Gasteiger partial charge in [0.25, 0.3) is 0 Å². The zero-order valence-electron chi connectivity index (χ0n) is 13.3. The molecule has 3 aromatic carbocycles. The predicted octanol–water partition coefficient (Wildman–Crippen LogP) is 4.54. The lowest BCUT2D eigenvalue weighted by atomic mass is 10.2. The maximum atomic E-state index is 12.6. The van der Waals surface area contributed by atoms with Crippen LogP contribution in [0.2, 0.25) is 0 Å². The molecule has 122 valence electrons. The molecular formula is C20H15N3OS. The summed E-state index contributed by atoms with van der Waals surface area (Å²) in [6.45, 7) is 0. The van der Waals surface area contributed by atoms with E-state index in [4.69, 9.17) is 0 Å². The SMILES string of the molecule is O=S(c1ccccc1)c1ccc(Nc2ncnc3ccccc23)cc1. The topological polar surface area (TPSA) is 54.9 Å². The summed E-state index contributed by atoms with van der Waals surface area (Å²) in [6.07, 6.45) is 1.55. The van der Waals surface area contributed by atoms with Crippen molar-refractivity contribution in [3.8, 4) is 0 Å². The Hall–Kier alpha value is -3.05. The molecule has 5 heteroatoms. The Labute approximate surface area is 148 Å². The van der Waals surface area contributed by atoms with Crippen molar-refractivity contribution in [2.24, 2.45) is 0 Å². The minimum atomic E-state index is -1.18. The van der Waals surface area contributed by atoms with Gasteiger partial charge in [0.2, 0.25) is 0 Å². The Kier molecular flexibility index (Phi) is 4.23. The molecule has 0 fully saturated rings. The minimum Gasteiger partial charge on any atom is -0.340 e. The first-order valence-corrected chi connectivity index (χ1v) is 9.00. The number of hydrogen-bond donors (Lipinski definition) is 1. The third-order valence-corrected chi connectivity index (χ3v) is 5.23. The van der Waals surface area contributed by atoms with Crippen LogP contribution in [0.5, 0.6) is 0 Å². The van der Waals surface area contributed by atoms with Gasteiger partial charge in [0.05, 0.1) is 16.3 Å². The fourth-order valence-corrected chi connectivity index (χ4v) is 3.64. The summed E-state index contributed by atoms with van der Waals surface area (Å²) >= 11 is 0. The highest BCUT2D eigenvalue weighted by atomic mass is 32.2. The third kappa shape index (κ3) is 3.27. The molecule has 1 N–H and O–H groups in total. The summed E-state index contributed by atoms with van der Waals surface area (Å²) in [5, 5.41) is 4.26. The Morgan fingerprint density at radius 1 is 0.720 bits per heavy atom. The summed E-state index contributed by atoms with van der Waals surface area (Å²) in [5.74, 6) is 0.752. The molecule has 0 spiro atoms. The second kappa shape index (κ2) is 6.83. The molecule has 0 amide bonds. The van der Waals surface area contributed by atoms with Crippen LogP contribution in [0.4, 0.5) is 11.5 Å². The van der Waals surface area contributed by atoms with E-state index in [9.17, 15) is 4.21 Å². The van der Waals surface area contributed by atoms with Crippen LogP contribution in [0, 0.1) is 0 Å². The first kappa shape index (κ1) is 15.5. The van der Waals surface area contributed by atoms with E-state index >= 15 is 0 Å². The van der Waals surface area contributed by atoms with Crippen LogP contribution in [0.3, 0.4) is 0 Å². The number of fused-ring (bicyclic) bond motifs is 1. The number of nitrogens with one attached hydrogen (secondary N) is 1. The molecule has 25 heavy (non-hydrogen) atoms. The van der Waals surface area contributed by atoms with Crippen molar-refractivity contribution in [2.75, 3.05) is 5.32 Å². The molecule has 0 aliphatic heterocycles. The van der Waals surface area contributed by atoms with Crippen molar-refractivity contribution in [3.63, 3.8) is 0 Å². The van der Waals surface area contributed by atoms with Gasteiger partial charge in [-0.15, -0.1) is 0 Å². The number of para-hydroxylation sites is 1. The van der Waals surface area contributed by atoms with E-state index in [1.54, 1.807) is 6.33 Å². The van der Waals surface area contributed by atoms with Crippen LogP contribution in [-0.4, -0.2) is 14.2 Å². The molecule has 0 radical (unpaired) electrons. The predicted molar refractivity (Wildman–Crippen MR) is 100 cm³/mol.